The van der Waals surface area contributed by atoms with Gasteiger partial charge in [-0.15, -0.1) is 11.3 Å². The third kappa shape index (κ3) is 3.13. The van der Waals surface area contributed by atoms with Crippen LogP contribution in [0.4, 0.5) is 0 Å². The number of nitrogens with zero attached hydrogens (tertiary/aromatic N) is 1. The van der Waals surface area contributed by atoms with E-state index in [1.165, 1.54) is 5.56 Å². The number of benzene rings is 2. The number of aromatic amines is 1. The van der Waals surface area contributed by atoms with Gasteiger partial charge in [-0.2, -0.15) is 0 Å². The molecule has 4 rings (SSSR count). The normalized spacial score (nSPS) is 11.0. The van der Waals surface area contributed by atoms with Crippen molar-refractivity contribution in [3.8, 4) is 10.6 Å². The lowest BCUT2D eigenvalue weighted by Crippen LogP contribution is -2.22. The average molecular weight is 361 g/mol. The van der Waals surface area contributed by atoms with E-state index in [1.807, 2.05) is 49.5 Å². The minimum Gasteiger partial charge on any atom is -0.361 e. The minimum absolute atomic E-state index is 0.0710. The standard InChI is InChI=1S/C21H19N3OS/c1-13-5-3-4-6-17(13)21-24-14(2)19(26-21)12-23-20(25)16-7-8-18-15(11-16)9-10-22-18/h3-11,22H,12H2,1-2H3,(H,23,25). The Morgan fingerprint density at radius 1 is 1.15 bits per heavy atom. The molecule has 0 aliphatic carbocycles. The zero-order valence-electron chi connectivity index (χ0n) is 14.7. The lowest BCUT2D eigenvalue weighted by Gasteiger charge is -2.04. The SMILES string of the molecule is Cc1ccccc1-c1nc(C)c(CNC(=O)c2ccc3[nH]ccc3c2)s1. The van der Waals surface area contributed by atoms with Crippen molar-refractivity contribution in [1.82, 2.24) is 15.3 Å². The lowest BCUT2D eigenvalue weighted by atomic mass is 10.1. The van der Waals surface area contributed by atoms with Crippen LogP contribution in [0.1, 0.15) is 26.5 Å². The van der Waals surface area contributed by atoms with E-state index in [2.05, 4.69) is 34.3 Å². The maximum absolute atomic E-state index is 12.5. The van der Waals surface area contributed by atoms with E-state index in [1.54, 1.807) is 11.3 Å². The van der Waals surface area contributed by atoms with Crippen LogP contribution < -0.4 is 5.32 Å². The van der Waals surface area contributed by atoms with Gasteiger partial charge in [-0.1, -0.05) is 24.3 Å². The van der Waals surface area contributed by atoms with Crippen molar-refractivity contribution in [2.24, 2.45) is 0 Å². The Bertz CT molecular complexity index is 1090. The van der Waals surface area contributed by atoms with Gasteiger partial charge in [0.1, 0.15) is 5.01 Å². The molecule has 0 unspecified atom stereocenters. The molecular weight excluding hydrogens is 342 g/mol. The number of H-pyrrole nitrogens is 1. The van der Waals surface area contributed by atoms with E-state index in [0.717, 1.165) is 32.0 Å². The molecule has 0 aliphatic heterocycles. The highest BCUT2D eigenvalue weighted by atomic mass is 32.1. The number of fused-ring (bicyclic) bond motifs is 1. The van der Waals surface area contributed by atoms with Gasteiger partial charge in [-0.05, 0) is 43.7 Å². The van der Waals surface area contributed by atoms with Crippen LogP contribution in [0.2, 0.25) is 0 Å². The maximum Gasteiger partial charge on any atom is 0.251 e. The van der Waals surface area contributed by atoms with E-state index < -0.39 is 0 Å². The molecule has 130 valence electrons. The van der Waals surface area contributed by atoms with Gasteiger partial charge in [-0.25, -0.2) is 4.98 Å². The molecule has 0 atom stereocenters. The molecule has 1 amide bonds. The molecule has 26 heavy (non-hydrogen) atoms. The first kappa shape index (κ1) is 16.5. The Kier molecular flexibility index (Phi) is 4.31. The van der Waals surface area contributed by atoms with E-state index in [-0.39, 0.29) is 5.91 Å². The molecule has 0 aliphatic rings. The Hall–Kier alpha value is -2.92. The summed E-state index contributed by atoms with van der Waals surface area (Å²) in [5.74, 6) is -0.0710. The zero-order chi connectivity index (χ0) is 18.1. The fraction of sp³-hybridized carbons (Fsp3) is 0.143. The number of aromatic nitrogens is 2. The number of thiazole rings is 1. The van der Waals surface area contributed by atoms with Crippen molar-refractivity contribution in [3.05, 3.63) is 76.4 Å². The Labute approximate surface area is 155 Å². The molecule has 0 saturated heterocycles. The molecule has 2 N–H and O–H groups in total. The van der Waals surface area contributed by atoms with Gasteiger partial charge in [0, 0.05) is 33.1 Å². The highest BCUT2D eigenvalue weighted by molar-refractivity contribution is 7.15. The first-order valence-corrected chi connectivity index (χ1v) is 9.31. The third-order valence-electron chi connectivity index (χ3n) is 4.49. The second-order valence-corrected chi connectivity index (χ2v) is 7.39. The van der Waals surface area contributed by atoms with Crippen molar-refractivity contribution in [1.29, 1.82) is 0 Å². The molecular formula is C21H19N3OS. The van der Waals surface area contributed by atoms with Gasteiger partial charge >= 0.3 is 0 Å². The van der Waals surface area contributed by atoms with Gasteiger partial charge < -0.3 is 10.3 Å². The Morgan fingerprint density at radius 3 is 2.85 bits per heavy atom. The van der Waals surface area contributed by atoms with Gasteiger partial charge in [0.25, 0.3) is 5.91 Å². The third-order valence-corrected chi connectivity index (χ3v) is 5.68. The van der Waals surface area contributed by atoms with E-state index in [4.69, 9.17) is 0 Å². The molecule has 5 heteroatoms. The summed E-state index contributed by atoms with van der Waals surface area (Å²) in [7, 11) is 0. The first-order valence-electron chi connectivity index (χ1n) is 8.49. The molecule has 0 radical (unpaired) electrons. The largest absolute Gasteiger partial charge is 0.361 e. The molecule has 2 aromatic heterocycles. The number of nitrogens with one attached hydrogen (secondary N) is 2. The topological polar surface area (TPSA) is 57.8 Å². The highest BCUT2D eigenvalue weighted by Gasteiger charge is 2.13. The summed E-state index contributed by atoms with van der Waals surface area (Å²) in [6, 6.07) is 15.9. The number of carbonyl (C=O) groups is 1. The molecule has 0 fully saturated rings. The minimum atomic E-state index is -0.0710. The smallest absolute Gasteiger partial charge is 0.251 e. The molecule has 2 heterocycles. The quantitative estimate of drug-likeness (QED) is 0.546. The monoisotopic (exact) mass is 361 g/mol. The van der Waals surface area contributed by atoms with E-state index in [0.29, 0.717) is 12.1 Å². The Balaban J connectivity index is 1.51. The number of aryl methyl sites for hydroxylation is 2. The van der Waals surface area contributed by atoms with E-state index in [9.17, 15) is 4.79 Å². The fourth-order valence-corrected chi connectivity index (χ4v) is 4.07. The fourth-order valence-electron chi connectivity index (χ4n) is 2.98. The van der Waals surface area contributed by atoms with Gasteiger partial charge in [-0.3, -0.25) is 4.79 Å². The maximum atomic E-state index is 12.5. The zero-order valence-corrected chi connectivity index (χ0v) is 15.5. The predicted molar refractivity (Wildman–Crippen MR) is 106 cm³/mol. The van der Waals surface area contributed by atoms with Crippen LogP contribution in [0.25, 0.3) is 21.5 Å². The molecule has 0 spiro atoms. The van der Waals surface area contributed by atoms with Crippen LogP contribution in [0, 0.1) is 13.8 Å². The number of rotatable bonds is 4. The first-order chi connectivity index (χ1) is 12.6. The second-order valence-electron chi connectivity index (χ2n) is 6.30. The predicted octanol–water partition coefficient (Wildman–Crippen LogP) is 4.84. The second kappa shape index (κ2) is 6.77. The number of hydrogen-bond donors (Lipinski definition) is 2. The molecule has 4 nitrogen and oxygen atoms in total. The summed E-state index contributed by atoms with van der Waals surface area (Å²) in [5, 5.41) is 5.05. The summed E-state index contributed by atoms with van der Waals surface area (Å²) in [6.45, 7) is 4.57. The van der Waals surface area contributed by atoms with Crippen molar-refractivity contribution in [3.63, 3.8) is 0 Å². The summed E-state index contributed by atoms with van der Waals surface area (Å²) in [5.41, 5.74) is 5.02. The van der Waals surface area contributed by atoms with Crippen LogP contribution >= 0.6 is 11.3 Å². The molecule has 2 aromatic carbocycles. The number of carbonyl (C=O) groups excluding carboxylic acids is 1. The molecule has 0 saturated carbocycles. The van der Waals surface area contributed by atoms with Crippen LogP contribution in [-0.4, -0.2) is 15.9 Å². The average Bonchev–Trinajstić information content (AvgIpc) is 3.25. The highest BCUT2D eigenvalue weighted by Crippen LogP contribution is 2.30. The van der Waals surface area contributed by atoms with Gasteiger partial charge in [0.15, 0.2) is 0 Å². The summed E-state index contributed by atoms with van der Waals surface area (Å²) in [6.07, 6.45) is 1.88. The van der Waals surface area contributed by atoms with Gasteiger partial charge in [0.2, 0.25) is 0 Å². The summed E-state index contributed by atoms with van der Waals surface area (Å²) >= 11 is 1.64. The van der Waals surface area contributed by atoms with Gasteiger partial charge in [0.05, 0.1) is 12.2 Å². The number of hydrogen-bond acceptors (Lipinski definition) is 3. The van der Waals surface area contributed by atoms with E-state index >= 15 is 0 Å². The van der Waals surface area contributed by atoms with Crippen molar-refractivity contribution < 1.29 is 4.79 Å². The number of amides is 1. The molecule has 0 bridgehead atoms. The lowest BCUT2D eigenvalue weighted by molar-refractivity contribution is 0.0951. The van der Waals surface area contributed by atoms with Crippen molar-refractivity contribution >= 4 is 28.1 Å². The van der Waals surface area contributed by atoms with Crippen molar-refractivity contribution in [2.45, 2.75) is 20.4 Å². The summed E-state index contributed by atoms with van der Waals surface area (Å²) < 4.78 is 0. The van der Waals surface area contributed by atoms with Crippen molar-refractivity contribution in [2.75, 3.05) is 0 Å². The summed E-state index contributed by atoms with van der Waals surface area (Å²) in [4.78, 5) is 21.4. The van der Waals surface area contributed by atoms with Crippen LogP contribution in [0.3, 0.4) is 0 Å². The molecule has 4 aromatic rings. The van der Waals surface area contributed by atoms with Crippen LogP contribution in [-0.2, 0) is 6.54 Å². The Morgan fingerprint density at radius 2 is 2.00 bits per heavy atom. The van der Waals surface area contributed by atoms with Crippen LogP contribution in [0.15, 0.2) is 54.7 Å². The van der Waals surface area contributed by atoms with Crippen LogP contribution in [0.5, 0.6) is 0 Å².